The standard InChI is InChI=1S/C11H14F3N3O3/c1-20-9(19)5-3-2-4-8(18)17-10-15-6-7(16-10)11(12,13)14/h6H,2-5H2,1H3,(H2,15,16,17,18). The van der Waals surface area contributed by atoms with Gasteiger partial charge in [0.1, 0.15) is 5.69 Å². The van der Waals surface area contributed by atoms with E-state index in [-0.39, 0.29) is 24.8 Å². The number of aromatic nitrogens is 2. The summed E-state index contributed by atoms with van der Waals surface area (Å²) in [5.41, 5.74) is -1.03. The van der Waals surface area contributed by atoms with Crippen molar-refractivity contribution in [2.75, 3.05) is 12.4 Å². The van der Waals surface area contributed by atoms with Crippen molar-refractivity contribution in [2.45, 2.75) is 31.9 Å². The molecule has 1 aromatic rings. The van der Waals surface area contributed by atoms with Crippen LogP contribution in [0.1, 0.15) is 31.4 Å². The van der Waals surface area contributed by atoms with Crippen molar-refractivity contribution in [3.8, 4) is 0 Å². The molecular formula is C11H14F3N3O3. The Kier molecular flexibility index (Phi) is 5.53. The molecule has 9 heteroatoms. The van der Waals surface area contributed by atoms with Crippen molar-refractivity contribution in [1.82, 2.24) is 9.97 Å². The highest BCUT2D eigenvalue weighted by molar-refractivity contribution is 5.88. The van der Waals surface area contributed by atoms with Crippen molar-refractivity contribution in [1.29, 1.82) is 0 Å². The lowest BCUT2D eigenvalue weighted by atomic mass is 10.2. The number of alkyl halides is 3. The summed E-state index contributed by atoms with van der Waals surface area (Å²) in [6, 6.07) is 0. The molecule has 6 nitrogen and oxygen atoms in total. The van der Waals surface area contributed by atoms with Gasteiger partial charge in [-0.05, 0) is 12.8 Å². The van der Waals surface area contributed by atoms with Gasteiger partial charge >= 0.3 is 12.1 Å². The number of nitrogens with one attached hydrogen (secondary N) is 2. The molecule has 2 N–H and O–H groups in total. The van der Waals surface area contributed by atoms with Gasteiger partial charge in [-0.25, -0.2) is 4.98 Å². The zero-order valence-corrected chi connectivity index (χ0v) is 10.7. The van der Waals surface area contributed by atoms with Gasteiger partial charge in [-0.15, -0.1) is 0 Å². The number of imidazole rings is 1. The first-order chi connectivity index (χ1) is 9.32. The molecule has 0 aliphatic carbocycles. The molecule has 0 saturated heterocycles. The quantitative estimate of drug-likeness (QED) is 0.621. The molecule has 1 aromatic heterocycles. The normalized spacial score (nSPS) is 11.2. The number of hydrogen-bond donors (Lipinski definition) is 2. The molecule has 20 heavy (non-hydrogen) atoms. The number of ether oxygens (including phenoxy) is 1. The van der Waals surface area contributed by atoms with Gasteiger partial charge in [-0.2, -0.15) is 13.2 Å². The minimum absolute atomic E-state index is 0.0824. The van der Waals surface area contributed by atoms with Crippen LogP contribution in [0.5, 0.6) is 0 Å². The summed E-state index contributed by atoms with van der Waals surface area (Å²) >= 11 is 0. The highest BCUT2D eigenvalue weighted by atomic mass is 19.4. The first kappa shape index (κ1) is 16.0. The van der Waals surface area contributed by atoms with E-state index in [9.17, 15) is 22.8 Å². The third kappa shape index (κ3) is 5.29. The predicted octanol–water partition coefficient (Wildman–Crippen LogP) is 2.10. The van der Waals surface area contributed by atoms with Gasteiger partial charge in [0.2, 0.25) is 11.9 Å². The molecule has 0 atom stereocenters. The maximum atomic E-state index is 12.3. The molecule has 112 valence electrons. The number of unbranched alkanes of at least 4 members (excludes halogenated alkanes) is 1. The third-order valence-corrected chi connectivity index (χ3v) is 2.40. The molecular weight excluding hydrogens is 279 g/mol. The fraction of sp³-hybridized carbons (Fsp3) is 0.545. The van der Waals surface area contributed by atoms with Crippen LogP contribution < -0.4 is 5.32 Å². The second kappa shape index (κ2) is 6.92. The topological polar surface area (TPSA) is 84.1 Å². The highest BCUT2D eigenvalue weighted by Crippen LogP contribution is 2.28. The maximum Gasteiger partial charge on any atom is 0.432 e. The van der Waals surface area contributed by atoms with Gasteiger partial charge in [-0.1, -0.05) is 0 Å². The average Bonchev–Trinajstić information content (AvgIpc) is 2.82. The minimum Gasteiger partial charge on any atom is -0.469 e. The Labute approximate surface area is 112 Å². The summed E-state index contributed by atoms with van der Waals surface area (Å²) in [6.45, 7) is 0. The van der Waals surface area contributed by atoms with E-state index in [1.54, 1.807) is 0 Å². The van der Waals surface area contributed by atoms with Crippen LogP contribution in [0.3, 0.4) is 0 Å². The second-order valence-electron chi connectivity index (χ2n) is 3.97. The smallest absolute Gasteiger partial charge is 0.432 e. The predicted molar refractivity (Wildman–Crippen MR) is 62.7 cm³/mol. The Morgan fingerprint density at radius 1 is 1.35 bits per heavy atom. The number of halogens is 3. The first-order valence-electron chi connectivity index (χ1n) is 5.82. The van der Waals surface area contributed by atoms with E-state index in [2.05, 4.69) is 15.0 Å². The number of carbonyl (C=O) groups is 2. The van der Waals surface area contributed by atoms with E-state index in [1.165, 1.54) is 7.11 Å². The zero-order chi connectivity index (χ0) is 15.2. The summed E-state index contributed by atoms with van der Waals surface area (Å²) in [6.07, 6.45) is -2.76. The lowest BCUT2D eigenvalue weighted by molar-refractivity contribution is -0.141. The number of aromatic amines is 1. The van der Waals surface area contributed by atoms with E-state index >= 15 is 0 Å². The van der Waals surface area contributed by atoms with Crippen molar-refractivity contribution >= 4 is 17.8 Å². The molecule has 0 fully saturated rings. The molecule has 0 aliphatic rings. The molecule has 0 bridgehead atoms. The fourth-order valence-electron chi connectivity index (χ4n) is 1.38. The van der Waals surface area contributed by atoms with Gasteiger partial charge in [0.15, 0.2) is 0 Å². The summed E-state index contributed by atoms with van der Waals surface area (Å²) in [4.78, 5) is 27.6. The number of H-pyrrole nitrogens is 1. The molecule has 1 amide bonds. The maximum absolute atomic E-state index is 12.3. The number of amides is 1. The number of carbonyl (C=O) groups excluding carboxylic acids is 2. The van der Waals surface area contributed by atoms with E-state index in [0.29, 0.717) is 19.0 Å². The van der Waals surface area contributed by atoms with Gasteiger partial charge in [-0.3, -0.25) is 14.9 Å². The van der Waals surface area contributed by atoms with Crippen LogP contribution in [-0.4, -0.2) is 29.0 Å². The van der Waals surface area contributed by atoms with Crippen LogP contribution in [0.2, 0.25) is 0 Å². The minimum atomic E-state index is -4.53. The Morgan fingerprint density at radius 2 is 2.00 bits per heavy atom. The molecule has 0 spiro atoms. The number of hydrogen-bond acceptors (Lipinski definition) is 4. The zero-order valence-electron chi connectivity index (χ0n) is 10.7. The Morgan fingerprint density at radius 3 is 2.55 bits per heavy atom. The number of methoxy groups -OCH3 is 1. The van der Waals surface area contributed by atoms with Crippen LogP contribution in [0, 0.1) is 0 Å². The van der Waals surface area contributed by atoms with E-state index in [1.807, 2.05) is 4.98 Å². The van der Waals surface area contributed by atoms with Gasteiger partial charge in [0.25, 0.3) is 0 Å². The van der Waals surface area contributed by atoms with Crippen LogP contribution >= 0.6 is 0 Å². The summed E-state index contributed by atoms with van der Waals surface area (Å²) in [5, 5.41) is 2.21. The summed E-state index contributed by atoms with van der Waals surface area (Å²) < 4.78 is 41.2. The van der Waals surface area contributed by atoms with E-state index in [0.717, 1.165) is 0 Å². The summed E-state index contributed by atoms with van der Waals surface area (Å²) in [5.74, 6) is -1.10. The Hall–Kier alpha value is -2.06. The fourth-order valence-corrected chi connectivity index (χ4v) is 1.38. The molecule has 0 saturated carbocycles. The lowest BCUT2D eigenvalue weighted by Crippen LogP contribution is -2.13. The van der Waals surface area contributed by atoms with Gasteiger partial charge < -0.3 is 9.72 Å². The first-order valence-corrected chi connectivity index (χ1v) is 5.82. The van der Waals surface area contributed by atoms with Gasteiger partial charge in [0.05, 0.1) is 13.3 Å². The van der Waals surface area contributed by atoms with Crippen LogP contribution in [0.25, 0.3) is 0 Å². The molecule has 0 aliphatic heterocycles. The highest BCUT2D eigenvalue weighted by Gasteiger charge is 2.33. The van der Waals surface area contributed by atoms with Crippen LogP contribution in [0.15, 0.2) is 6.20 Å². The Balaban J connectivity index is 2.32. The lowest BCUT2D eigenvalue weighted by Gasteiger charge is -2.03. The van der Waals surface area contributed by atoms with Crippen molar-refractivity contribution in [3.63, 3.8) is 0 Å². The Bertz CT molecular complexity index is 471. The van der Waals surface area contributed by atoms with Crippen LogP contribution in [-0.2, 0) is 20.5 Å². The van der Waals surface area contributed by atoms with Crippen LogP contribution in [0.4, 0.5) is 19.1 Å². The van der Waals surface area contributed by atoms with E-state index in [4.69, 9.17) is 0 Å². The van der Waals surface area contributed by atoms with Crippen molar-refractivity contribution in [2.24, 2.45) is 0 Å². The molecule has 0 radical (unpaired) electrons. The number of rotatable bonds is 6. The monoisotopic (exact) mass is 293 g/mol. The molecule has 0 aromatic carbocycles. The molecule has 1 rings (SSSR count). The number of nitrogens with zero attached hydrogens (tertiary/aromatic N) is 1. The SMILES string of the molecule is COC(=O)CCCCC(=O)Nc1ncc(C(F)(F)F)[nH]1. The van der Waals surface area contributed by atoms with Crippen molar-refractivity contribution in [3.05, 3.63) is 11.9 Å². The van der Waals surface area contributed by atoms with Gasteiger partial charge in [0, 0.05) is 12.8 Å². The summed E-state index contributed by atoms with van der Waals surface area (Å²) in [7, 11) is 1.27. The average molecular weight is 293 g/mol. The van der Waals surface area contributed by atoms with Crippen molar-refractivity contribution < 1.29 is 27.5 Å². The third-order valence-electron chi connectivity index (χ3n) is 2.40. The van der Waals surface area contributed by atoms with E-state index < -0.39 is 17.8 Å². The molecule has 0 unspecified atom stereocenters. The number of esters is 1. The molecule has 1 heterocycles. The number of anilines is 1. The second-order valence-corrected chi connectivity index (χ2v) is 3.97. The largest absolute Gasteiger partial charge is 0.469 e.